The lowest BCUT2D eigenvalue weighted by Crippen LogP contribution is -2.43. The summed E-state index contributed by atoms with van der Waals surface area (Å²) in [5, 5.41) is 0. The lowest BCUT2D eigenvalue weighted by atomic mass is 9.93. The van der Waals surface area contributed by atoms with Crippen LogP contribution < -0.4 is 10.5 Å². The fraction of sp³-hybridized carbons (Fsp3) is 0.600. The summed E-state index contributed by atoms with van der Waals surface area (Å²) in [6.45, 7) is 5.21. The summed E-state index contributed by atoms with van der Waals surface area (Å²) >= 11 is 3.55. The zero-order valence-corrected chi connectivity index (χ0v) is 13.3. The molecule has 0 amide bonds. The normalized spacial score (nSPS) is 24.4. The Balaban J connectivity index is 2.05. The zero-order chi connectivity index (χ0) is 13.8. The number of hydrogen-bond donors (Lipinski definition) is 1. The van der Waals surface area contributed by atoms with Gasteiger partial charge in [0.15, 0.2) is 0 Å². The maximum absolute atomic E-state index is 5.82. The molecule has 1 aliphatic rings. The minimum absolute atomic E-state index is 0.642. The van der Waals surface area contributed by atoms with Gasteiger partial charge >= 0.3 is 0 Å². The van der Waals surface area contributed by atoms with E-state index >= 15 is 0 Å². The van der Waals surface area contributed by atoms with Crippen molar-refractivity contribution in [3.05, 3.63) is 28.2 Å². The predicted molar refractivity (Wildman–Crippen MR) is 82.3 cm³/mol. The maximum Gasteiger partial charge on any atom is 0.133 e. The fourth-order valence-corrected chi connectivity index (χ4v) is 3.31. The van der Waals surface area contributed by atoms with Crippen LogP contribution >= 0.6 is 15.9 Å². The number of benzene rings is 1. The molecule has 106 valence electrons. The highest BCUT2D eigenvalue weighted by atomic mass is 79.9. The summed E-state index contributed by atoms with van der Waals surface area (Å²) in [5.41, 5.74) is 7.13. The van der Waals surface area contributed by atoms with E-state index in [-0.39, 0.29) is 0 Å². The summed E-state index contributed by atoms with van der Waals surface area (Å²) < 4.78 is 6.29. The van der Waals surface area contributed by atoms with Crippen LogP contribution in [0.3, 0.4) is 0 Å². The van der Waals surface area contributed by atoms with Crippen LogP contribution in [0.5, 0.6) is 5.75 Å². The van der Waals surface area contributed by atoms with Crippen LogP contribution in [-0.2, 0) is 6.54 Å². The van der Waals surface area contributed by atoms with Crippen LogP contribution in [0.15, 0.2) is 22.7 Å². The van der Waals surface area contributed by atoms with Gasteiger partial charge in [0.05, 0.1) is 11.6 Å². The predicted octanol–water partition coefficient (Wildman–Crippen LogP) is 3.02. The number of hydrogen-bond acceptors (Lipinski definition) is 3. The number of nitrogens with two attached hydrogens (primary N) is 1. The Bertz CT molecular complexity index is 425. The molecule has 1 aliphatic heterocycles. The number of piperidine rings is 1. The van der Waals surface area contributed by atoms with Crippen LogP contribution in [0.4, 0.5) is 0 Å². The van der Waals surface area contributed by atoms with Gasteiger partial charge in [0.25, 0.3) is 0 Å². The van der Waals surface area contributed by atoms with E-state index in [1.807, 2.05) is 6.07 Å². The Kier molecular flexibility index (Phi) is 5.25. The standard InChI is InChI=1S/C15H23BrN2O/c1-11-3-4-13(8-17)10-18(11)9-12-5-6-15(19-2)14(16)7-12/h5-7,11,13H,3-4,8-10,17H2,1-2H3. The molecule has 1 aromatic rings. The molecule has 3 nitrogen and oxygen atoms in total. The average molecular weight is 327 g/mol. The molecule has 1 fully saturated rings. The van der Waals surface area contributed by atoms with Crippen molar-refractivity contribution in [1.82, 2.24) is 4.90 Å². The first-order chi connectivity index (χ1) is 9.13. The quantitative estimate of drug-likeness (QED) is 0.924. The lowest BCUT2D eigenvalue weighted by Gasteiger charge is -2.37. The molecular formula is C15H23BrN2O. The van der Waals surface area contributed by atoms with Gasteiger partial charge in [0.1, 0.15) is 5.75 Å². The van der Waals surface area contributed by atoms with Gasteiger partial charge in [-0.1, -0.05) is 6.07 Å². The summed E-state index contributed by atoms with van der Waals surface area (Å²) in [5.74, 6) is 1.54. The Morgan fingerprint density at radius 1 is 1.42 bits per heavy atom. The van der Waals surface area contributed by atoms with E-state index in [1.54, 1.807) is 7.11 Å². The van der Waals surface area contributed by atoms with Gasteiger partial charge in [0, 0.05) is 19.1 Å². The van der Waals surface area contributed by atoms with Gasteiger partial charge in [-0.15, -0.1) is 0 Å². The maximum atomic E-state index is 5.82. The Morgan fingerprint density at radius 3 is 2.84 bits per heavy atom. The molecule has 0 radical (unpaired) electrons. The van der Waals surface area contributed by atoms with Crippen molar-refractivity contribution in [3.8, 4) is 5.75 Å². The van der Waals surface area contributed by atoms with Crippen molar-refractivity contribution < 1.29 is 4.74 Å². The number of halogens is 1. The Morgan fingerprint density at radius 2 is 2.21 bits per heavy atom. The van der Waals surface area contributed by atoms with E-state index < -0.39 is 0 Å². The second kappa shape index (κ2) is 6.73. The molecular weight excluding hydrogens is 304 g/mol. The largest absolute Gasteiger partial charge is 0.496 e. The molecule has 1 aromatic carbocycles. The molecule has 0 saturated carbocycles. The van der Waals surface area contributed by atoms with Gasteiger partial charge in [0.2, 0.25) is 0 Å². The van der Waals surface area contributed by atoms with Crippen molar-refractivity contribution in [1.29, 1.82) is 0 Å². The monoisotopic (exact) mass is 326 g/mol. The molecule has 0 bridgehead atoms. The van der Waals surface area contributed by atoms with E-state index in [2.05, 4.69) is 39.9 Å². The highest BCUT2D eigenvalue weighted by Crippen LogP contribution is 2.28. The van der Waals surface area contributed by atoms with Crippen LogP contribution in [0, 0.1) is 5.92 Å². The molecule has 19 heavy (non-hydrogen) atoms. The molecule has 0 aliphatic carbocycles. The number of methoxy groups -OCH3 is 1. The van der Waals surface area contributed by atoms with Crippen LogP contribution in [0.2, 0.25) is 0 Å². The van der Waals surface area contributed by atoms with Crippen molar-refractivity contribution in [2.45, 2.75) is 32.4 Å². The van der Waals surface area contributed by atoms with Gasteiger partial charge in [-0.25, -0.2) is 0 Å². The topological polar surface area (TPSA) is 38.5 Å². The Labute approximate surface area is 124 Å². The van der Waals surface area contributed by atoms with E-state index in [4.69, 9.17) is 10.5 Å². The van der Waals surface area contributed by atoms with E-state index in [0.717, 1.165) is 29.9 Å². The van der Waals surface area contributed by atoms with Crippen LogP contribution in [0.25, 0.3) is 0 Å². The molecule has 2 rings (SSSR count). The van der Waals surface area contributed by atoms with Crippen molar-refractivity contribution >= 4 is 15.9 Å². The van der Waals surface area contributed by atoms with Gasteiger partial charge in [-0.2, -0.15) is 0 Å². The minimum Gasteiger partial charge on any atom is -0.496 e. The van der Waals surface area contributed by atoms with Crippen LogP contribution in [-0.4, -0.2) is 31.1 Å². The lowest BCUT2D eigenvalue weighted by molar-refractivity contribution is 0.113. The first-order valence-corrected chi connectivity index (χ1v) is 7.70. The number of nitrogens with zero attached hydrogens (tertiary/aromatic N) is 1. The number of rotatable bonds is 4. The molecule has 2 unspecified atom stereocenters. The highest BCUT2D eigenvalue weighted by Gasteiger charge is 2.24. The number of likely N-dealkylation sites (tertiary alicyclic amines) is 1. The molecule has 1 saturated heterocycles. The first-order valence-electron chi connectivity index (χ1n) is 6.90. The van der Waals surface area contributed by atoms with E-state index in [1.165, 1.54) is 18.4 Å². The zero-order valence-electron chi connectivity index (χ0n) is 11.7. The van der Waals surface area contributed by atoms with Gasteiger partial charge < -0.3 is 10.5 Å². The minimum atomic E-state index is 0.642. The van der Waals surface area contributed by atoms with Gasteiger partial charge in [-0.05, 0) is 65.9 Å². The summed E-state index contributed by atoms with van der Waals surface area (Å²) in [7, 11) is 1.69. The van der Waals surface area contributed by atoms with E-state index in [0.29, 0.717) is 12.0 Å². The summed E-state index contributed by atoms with van der Waals surface area (Å²) in [6.07, 6.45) is 2.51. The third kappa shape index (κ3) is 3.71. The molecule has 4 heteroatoms. The van der Waals surface area contributed by atoms with Gasteiger partial charge in [-0.3, -0.25) is 4.90 Å². The molecule has 1 heterocycles. The second-order valence-electron chi connectivity index (χ2n) is 5.43. The first kappa shape index (κ1) is 14.8. The Hall–Kier alpha value is -0.580. The third-order valence-electron chi connectivity index (χ3n) is 4.04. The molecule has 2 N–H and O–H groups in total. The smallest absolute Gasteiger partial charge is 0.133 e. The number of ether oxygens (including phenoxy) is 1. The van der Waals surface area contributed by atoms with E-state index in [9.17, 15) is 0 Å². The molecule has 2 atom stereocenters. The van der Waals surface area contributed by atoms with Crippen LogP contribution in [0.1, 0.15) is 25.3 Å². The molecule has 0 aromatic heterocycles. The summed E-state index contributed by atoms with van der Waals surface area (Å²) in [6, 6.07) is 6.96. The molecule has 0 spiro atoms. The average Bonchev–Trinajstić information content (AvgIpc) is 2.41. The SMILES string of the molecule is COc1ccc(CN2CC(CN)CCC2C)cc1Br. The fourth-order valence-electron chi connectivity index (χ4n) is 2.72. The summed E-state index contributed by atoms with van der Waals surface area (Å²) in [4.78, 5) is 2.54. The van der Waals surface area contributed by atoms with Crippen molar-refractivity contribution in [2.75, 3.05) is 20.2 Å². The highest BCUT2D eigenvalue weighted by molar-refractivity contribution is 9.10. The second-order valence-corrected chi connectivity index (χ2v) is 6.28. The van der Waals surface area contributed by atoms with Crippen molar-refractivity contribution in [3.63, 3.8) is 0 Å². The van der Waals surface area contributed by atoms with Crippen molar-refractivity contribution in [2.24, 2.45) is 11.7 Å². The third-order valence-corrected chi connectivity index (χ3v) is 4.66.